The third kappa shape index (κ3) is 3.62. The van der Waals surface area contributed by atoms with Crippen molar-refractivity contribution in [2.24, 2.45) is 5.92 Å². The molecule has 0 aromatic heterocycles. The second-order valence-corrected chi connectivity index (χ2v) is 5.85. The lowest BCUT2D eigenvalue weighted by molar-refractivity contribution is -0.141. The maximum Gasteiger partial charge on any atom is 0.317 e. The normalized spacial score (nSPS) is 30.2. The first-order chi connectivity index (χ1) is 9.61. The molecule has 3 N–H and O–H groups in total. The van der Waals surface area contributed by atoms with Crippen LogP contribution in [0.1, 0.15) is 44.9 Å². The number of likely N-dealkylation sites (tertiary alicyclic amines) is 1. The maximum absolute atomic E-state index is 12.3. The molecular formula is C14H24N2O4. The number of nitrogens with one attached hydrogen (secondary N) is 1. The monoisotopic (exact) mass is 284 g/mol. The van der Waals surface area contributed by atoms with Crippen LogP contribution in [0.2, 0.25) is 0 Å². The van der Waals surface area contributed by atoms with Gasteiger partial charge in [0.1, 0.15) is 0 Å². The Hall–Kier alpha value is -1.30. The molecule has 6 nitrogen and oxygen atoms in total. The lowest BCUT2D eigenvalue weighted by Crippen LogP contribution is -2.51. The molecule has 6 heteroatoms. The van der Waals surface area contributed by atoms with Gasteiger partial charge in [0, 0.05) is 25.2 Å². The molecule has 3 atom stereocenters. The van der Waals surface area contributed by atoms with Crippen LogP contribution in [-0.4, -0.2) is 52.3 Å². The van der Waals surface area contributed by atoms with Crippen LogP contribution in [-0.2, 0) is 4.79 Å². The number of rotatable bonds is 4. The highest BCUT2D eigenvalue weighted by Crippen LogP contribution is 2.26. The fourth-order valence-corrected chi connectivity index (χ4v) is 3.31. The summed E-state index contributed by atoms with van der Waals surface area (Å²) in [5.74, 6) is -1.09. The number of hydrogen-bond acceptors (Lipinski definition) is 3. The van der Waals surface area contributed by atoms with Crippen molar-refractivity contribution in [3.8, 4) is 0 Å². The highest BCUT2D eigenvalue weighted by molar-refractivity contribution is 5.75. The molecule has 0 radical (unpaired) electrons. The lowest BCUT2D eigenvalue weighted by Gasteiger charge is -2.36. The van der Waals surface area contributed by atoms with Gasteiger partial charge < -0.3 is 20.4 Å². The zero-order valence-electron chi connectivity index (χ0n) is 11.8. The van der Waals surface area contributed by atoms with Gasteiger partial charge in [-0.3, -0.25) is 4.79 Å². The van der Waals surface area contributed by atoms with E-state index in [0.29, 0.717) is 19.3 Å². The number of aliphatic hydroxyl groups excluding tert-OH is 1. The molecule has 0 spiro atoms. The van der Waals surface area contributed by atoms with E-state index in [2.05, 4.69) is 5.32 Å². The second-order valence-electron chi connectivity index (χ2n) is 5.85. The van der Waals surface area contributed by atoms with Crippen molar-refractivity contribution >= 4 is 12.0 Å². The molecule has 1 unspecified atom stereocenters. The molecule has 2 fully saturated rings. The Balaban J connectivity index is 1.85. The Labute approximate surface area is 119 Å². The average Bonchev–Trinajstić information content (AvgIpc) is 2.88. The van der Waals surface area contributed by atoms with Crippen LogP contribution in [0.4, 0.5) is 4.79 Å². The van der Waals surface area contributed by atoms with Crippen LogP contribution in [0.5, 0.6) is 0 Å². The van der Waals surface area contributed by atoms with Gasteiger partial charge in [0.05, 0.1) is 5.92 Å². The molecule has 0 aromatic rings. The Kier molecular flexibility index (Phi) is 5.23. The summed E-state index contributed by atoms with van der Waals surface area (Å²) in [6.45, 7) is 0.824. The predicted molar refractivity (Wildman–Crippen MR) is 73.3 cm³/mol. The number of carbonyl (C=O) groups is 2. The molecule has 114 valence electrons. The number of aliphatic hydroxyl groups is 1. The van der Waals surface area contributed by atoms with Gasteiger partial charge in [-0.2, -0.15) is 0 Å². The molecule has 1 heterocycles. The van der Waals surface area contributed by atoms with Gasteiger partial charge in [0.2, 0.25) is 0 Å². The molecule has 2 amide bonds. The second kappa shape index (κ2) is 6.92. The Bertz CT molecular complexity index is 359. The van der Waals surface area contributed by atoms with Crippen LogP contribution in [0.15, 0.2) is 0 Å². The molecule has 0 bridgehead atoms. The van der Waals surface area contributed by atoms with Gasteiger partial charge in [-0.25, -0.2) is 4.79 Å². The summed E-state index contributed by atoms with van der Waals surface area (Å²) >= 11 is 0. The minimum absolute atomic E-state index is 0.0275. The maximum atomic E-state index is 12.3. The summed E-state index contributed by atoms with van der Waals surface area (Å²) in [7, 11) is 0. The summed E-state index contributed by atoms with van der Waals surface area (Å²) in [5, 5.41) is 21.0. The van der Waals surface area contributed by atoms with E-state index in [0.717, 1.165) is 32.2 Å². The van der Waals surface area contributed by atoms with E-state index in [9.17, 15) is 9.59 Å². The molecule has 1 aliphatic carbocycles. The third-order valence-corrected chi connectivity index (χ3v) is 4.46. The first-order valence-corrected chi connectivity index (χ1v) is 7.52. The van der Waals surface area contributed by atoms with Crippen LogP contribution in [0.25, 0.3) is 0 Å². The topological polar surface area (TPSA) is 89.9 Å². The van der Waals surface area contributed by atoms with Crippen molar-refractivity contribution in [3.63, 3.8) is 0 Å². The summed E-state index contributed by atoms with van der Waals surface area (Å²) in [5.41, 5.74) is 0. The molecule has 1 saturated heterocycles. The van der Waals surface area contributed by atoms with E-state index in [1.807, 2.05) is 4.90 Å². The van der Waals surface area contributed by atoms with Crippen LogP contribution < -0.4 is 5.32 Å². The lowest BCUT2D eigenvalue weighted by atomic mass is 10.00. The quantitative estimate of drug-likeness (QED) is 0.723. The zero-order chi connectivity index (χ0) is 14.5. The summed E-state index contributed by atoms with van der Waals surface area (Å²) < 4.78 is 0. The summed E-state index contributed by atoms with van der Waals surface area (Å²) in [6, 6.07) is -0.00934. The number of carboxylic acid groups (broad SMARTS) is 1. The van der Waals surface area contributed by atoms with E-state index in [-0.39, 0.29) is 30.6 Å². The van der Waals surface area contributed by atoms with E-state index in [1.54, 1.807) is 0 Å². The molecular weight excluding hydrogens is 260 g/mol. The first-order valence-electron chi connectivity index (χ1n) is 7.52. The number of hydrogen-bond donors (Lipinski definition) is 3. The highest BCUT2D eigenvalue weighted by atomic mass is 16.4. The number of piperidine rings is 1. The van der Waals surface area contributed by atoms with E-state index in [4.69, 9.17) is 10.2 Å². The summed E-state index contributed by atoms with van der Waals surface area (Å²) in [6.07, 6.45) is 5.56. The van der Waals surface area contributed by atoms with Gasteiger partial charge in [0.15, 0.2) is 0 Å². The fourth-order valence-electron chi connectivity index (χ4n) is 3.31. The minimum Gasteiger partial charge on any atom is -0.481 e. The summed E-state index contributed by atoms with van der Waals surface area (Å²) in [4.78, 5) is 25.0. The molecule has 20 heavy (non-hydrogen) atoms. The van der Waals surface area contributed by atoms with Crippen molar-refractivity contribution in [3.05, 3.63) is 0 Å². The average molecular weight is 284 g/mol. The molecule has 2 rings (SSSR count). The Morgan fingerprint density at radius 2 is 2.00 bits per heavy atom. The highest BCUT2D eigenvalue weighted by Gasteiger charge is 2.33. The van der Waals surface area contributed by atoms with Crippen molar-refractivity contribution in [1.29, 1.82) is 0 Å². The number of carboxylic acids is 1. The van der Waals surface area contributed by atoms with Gasteiger partial charge in [-0.1, -0.05) is 0 Å². The van der Waals surface area contributed by atoms with Crippen molar-refractivity contribution in [2.45, 2.75) is 57.0 Å². The van der Waals surface area contributed by atoms with Crippen LogP contribution >= 0.6 is 0 Å². The molecule has 0 aromatic carbocycles. The third-order valence-electron chi connectivity index (χ3n) is 4.46. The molecule has 1 aliphatic heterocycles. The molecule has 2 aliphatic rings. The van der Waals surface area contributed by atoms with Gasteiger partial charge in [-0.15, -0.1) is 0 Å². The number of aliphatic carboxylic acids is 1. The SMILES string of the molecule is O=C(O)[C@@H]1CC[C@H](NC(=O)N2CCCCC2CCO)C1. The van der Waals surface area contributed by atoms with Gasteiger partial charge >= 0.3 is 12.0 Å². The van der Waals surface area contributed by atoms with Crippen LogP contribution in [0, 0.1) is 5.92 Å². The Morgan fingerprint density at radius 1 is 1.20 bits per heavy atom. The van der Waals surface area contributed by atoms with E-state index < -0.39 is 5.97 Å². The minimum atomic E-state index is -0.766. The van der Waals surface area contributed by atoms with Gasteiger partial charge in [-0.05, 0) is 44.9 Å². The Morgan fingerprint density at radius 3 is 2.65 bits per heavy atom. The van der Waals surface area contributed by atoms with Gasteiger partial charge in [0.25, 0.3) is 0 Å². The zero-order valence-corrected chi connectivity index (χ0v) is 11.8. The predicted octanol–water partition coefficient (Wildman–Crippen LogP) is 1.19. The smallest absolute Gasteiger partial charge is 0.317 e. The number of nitrogens with zero attached hydrogens (tertiary/aromatic N) is 1. The van der Waals surface area contributed by atoms with Crippen LogP contribution in [0.3, 0.4) is 0 Å². The number of amides is 2. The number of carbonyl (C=O) groups excluding carboxylic acids is 1. The van der Waals surface area contributed by atoms with Crippen molar-refractivity contribution < 1.29 is 19.8 Å². The van der Waals surface area contributed by atoms with Crippen molar-refractivity contribution in [2.75, 3.05) is 13.2 Å². The largest absolute Gasteiger partial charge is 0.481 e. The van der Waals surface area contributed by atoms with E-state index >= 15 is 0 Å². The van der Waals surface area contributed by atoms with E-state index in [1.165, 1.54) is 0 Å². The first kappa shape index (κ1) is 15.1. The number of urea groups is 1. The standard InChI is InChI=1S/C14H24N2O4/c17-8-6-12-3-1-2-7-16(12)14(20)15-11-5-4-10(9-11)13(18)19/h10-12,17H,1-9H2,(H,15,20)(H,18,19)/t10-,11+,12?/m1/s1. The molecule has 1 saturated carbocycles. The fraction of sp³-hybridized carbons (Fsp3) is 0.857. The van der Waals surface area contributed by atoms with Crippen molar-refractivity contribution in [1.82, 2.24) is 10.2 Å².